The Labute approximate surface area is 218 Å². The second-order valence-corrected chi connectivity index (χ2v) is 10.1. The third kappa shape index (κ3) is 8.23. The minimum Gasteiger partial charge on any atom is -0.352 e. The first-order valence-electron chi connectivity index (χ1n) is 12.4. The van der Waals surface area contributed by atoms with Crippen molar-refractivity contribution in [3.05, 3.63) is 107 Å². The molecular formula is C30H35FN2O2S. The van der Waals surface area contributed by atoms with E-state index in [0.717, 1.165) is 17.5 Å². The Balaban J connectivity index is 1.85. The maximum atomic E-state index is 13.6. The van der Waals surface area contributed by atoms with E-state index in [1.54, 1.807) is 28.8 Å². The minimum atomic E-state index is -0.682. The maximum absolute atomic E-state index is 13.6. The predicted molar refractivity (Wildman–Crippen MR) is 146 cm³/mol. The van der Waals surface area contributed by atoms with E-state index >= 15 is 0 Å². The van der Waals surface area contributed by atoms with Gasteiger partial charge in [-0.2, -0.15) is 0 Å². The molecule has 2 amide bonds. The van der Waals surface area contributed by atoms with Crippen LogP contribution in [-0.4, -0.2) is 34.6 Å². The molecule has 190 valence electrons. The Bertz CT molecular complexity index is 1120. The summed E-state index contributed by atoms with van der Waals surface area (Å²) in [6.07, 6.45) is 1.19. The topological polar surface area (TPSA) is 49.4 Å². The van der Waals surface area contributed by atoms with Crippen molar-refractivity contribution in [3.8, 4) is 0 Å². The molecule has 0 unspecified atom stereocenters. The molecule has 0 aromatic heterocycles. The van der Waals surface area contributed by atoms with Crippen molar-refractivity contribution in [2.24, 2.45) is 0 Å². The van der Waals surface area contributed by atoms with E-state index < -0.39 is 6.04 Å². The molecule has 0 spiro atoms. The highest BCUT2D eigenvalue weighted by Gasteiger charge is 2.30. The molecule has 0 aliphatic carbocycles. The van der Waals surface area contributed by atoms with Gasteiger partial charge in [0, 0.05) is 24.8 Å². The van der Waals surface area contributed by atoms with Gasteiger partial charge in [-0.3, -0.25) is 9.59 Å². The molecule has 3 rings (SSSR count). The fourth-order valence-corrected chi connectivity index (χ4v) is 4.87. The van der Waals surface area contributed by atoms with Crippen molar-refractivity contribution < 1.29 is 14.0 Å². The van der Waals surface area contributed by atoms with Crippen LogP contribution in [0.4, 0.5) is 4.39 Å². The summed E-state index contributed by atoms with van der Waals surface area (Å²) < 4.78 is 13.6. The molecule has 0 fully saturated rings. The van der Waals surface area contributed by atoms with E-state index in [1.807, 2.05) is 56.3 Å². The summed E-state index contributed by atoms with van der Waals surface area (Å²) in [6, 6.07) is 23.3. The van der Waals surface area contributed by atoms with Crippen LogP contribution in [0.25, 0.3) is 0 Å². The molecule has 6 heteroatoms. The van der Waals surface area contributed by atoms with Crippen LogP contribution < -0.4 is 5.32 Å². The molecule has 0 aliphatic rings. The van der Waals surface area contributed by atoms with Gasteiger partial charge >= 0.3 is 0 Å². The summed E-state index contributed by atoms with van der Waals surface area (Å²) in [5.74, 6) is 0.342. The van der Waals surface area contributed by atoms with Crippen LogP contribution in [0.3, 0.4) is 0 Å². The molecule has 0 aliphatic heterocycles. The van der Waals surface area contributed by atoms with E-state index in [1.165, 1.54) is 23.3 Å². The Hall–Kier alpha value is -3.12. The van der Waals surface area contributed by atoms with Gasteiger partial charge in [-0.25, -0.2) is 4.39 Å². The molecule has 3 aromatic carbocycles. The second-order valence-electron chi connectivity index (χ2n) is 9.09. The van der Waals surface area contributed by atoms with Gasteiger partial charge in [-0.1, -0.05) is 73.7 Å². The van der Waals surface area contributed by atoms with Crippen LogP contribution in [0.15, 0.2) is 78.9 Å². The molecule has 4 nitrogen and oxygen atoms in total. The van der Waals surface area contributed by atoms with Crippen molar-refractivity contribution in [1.82, 2.24) is 10.2 Å². The van der Waals surface area contributed by atoms with E-state index in [0.29, 0.717) is 12.2 Å². The number of hydrogen-bond donors (Lipinski definition) is 1. The summed E-state index contributed by atoms with van der Waals surface area (Å²) in [5.41, 5.74) is 4.14. The van der Waals surface area contributed by atoms with Crippen LogP contribution in [0.2, 0.25) is 0 Å². The number of carbonyl (C=O) groups is 2. The van der Waals surface area contributed by atoms with E-state index in [2.05, 4.69) is 24.4 Å². The van der Waals surface area contributed by atoms with E-state index in [4.69, 9.17) is 0 Å². The Morgan fingerprint density at radius 1 is 0.944 bits per heavy atom. The zero-order valence-corrected chi connectivity index (χ0v) is 22.1. The maximum Gasteiger partial charge on any atom is 0.243 e. The fraction of sp³-hybridized carbons (Fsp3) is 0.333. The number of rotatable bonds is 12. The molecule has 36 heavy (non-hydrogen) atoms. The molecule has 0 heterocycles. The largest absolute Gasteiger partial charge is 0.352 e. The van der Waals surface area contributed by atoms with Gasteiger partial charge in [-0.05, 0) is 54.7 Å². The summed E-state index contributed by atoms with van der Waals surface area (Å²) in [7, 11) is 0. The fourth-order valence-electron chi connectivity index (χ4n) is 3.88. The highest BCUT2D eigenvalue weighted by Crippen LogP contribution is 2.20. The first-order valence-corrected chi connectivity index (χ1v) is 13.5. The highest BCUT2D eigenvalue weighted by molar-refractivity contribution is 7.99. The zero-order valence-electron chi connectivity index (χ0n) is 21.2. The van der Waals surface area contributed by atoms with Crippen LogP contribution in [0, 0.1) is 12.7 Å². The van der Waals surface area contributed by atoms with Gasteiger partial charge in [-0.15, -0.1) is 11.8 Å². The van der Waals surface area contributed by atoms with Crippen LogP contribution >= 0.6 is 11.8 Å². The molecule has 0 saturated heterocycles. The summed E-state index contributed by atoms with van der Waals surface area (Å²) in [4.78, 5) is 28.8. The predicted octanol–water partition coefficient (Wildman–Crippen LogP) is 5.92. The lowest BCUT2D eigenvalue weighted by molar-refractivity contribution is -0.139. The van der Waals surface area contributed by atoms with Crippen LogP contribution in [-0.2, 0) is 28.3 Å². The quantitative estimate of drug-likeness (QED) is 0.332. The normalized spacial score (nSPS) is 12.6. The lowest BCUT2D eigenvalue weighted by Gasteiger charge is -2.32. The molecule has 3 aromatic rings. The molecular weight excluding hydrogens is 471 g/mol. The van der Waals surface area contributed by atoms with Crippen LogP contribution in [0.5, 0.6) is 0 Å². The number of hydrogen-bond acceptors (Lipinski definition) is 3. The number of amides is 2. The highest BCUT2D eigenvalue weighted by atomic mass is 32.2. The lowest BCUT2D eigenvalue weighted by atomic mass is 10.0. The summed E-state index contributed by atoms with van der Waals surface area (Å²) in [5, 5.41) is 3.07. The van der Waals surface area contributed by atoms with Gasteiger partial charge < -0.3 is 10.2 Å². The average Bonchev–Trinajstić information content (AvgIpc) is 2.88. The smallest absolute Gasteiger partial charge is 0.243 e. The van der Waals surface area contributed by atoms with Crippen LogP contribution in [0.1, 0.15) is 42.5 Å². The van der Waals surface area contributed by atoms with Crippen molar-refractivity contribution in [3.63, 3.8) is 0 Å². The van der Waals surface area contributed by atoms with Gasteiger partial charge in [0.25, 0.3) is 0 Å². The van der Waals surface area contributed by atoms with Gasteiger partial charge in [0.05, 0.1) is 5.75 Å². The second kappa shape index (κ2) is 13.8. The molecule has 0 radical (unpaired) electrons. The van der Waals surface area contributed by atoms with Gasteiger partial charge in [0.2, 0.25) is 11.8 Å². The lowest BCUT2D eigenvalue weighted by Crippen LogP contribution is -2.52. The number of halogens is 1. The molecule has 2 atom stereocenters. The van der Waals surface area contributed by atoms with Gasteiger partial charge in [0.15, 0.2) is 0 Å². The molecule has 1 N–H and O–H groups in total. The Morgan fingerprint density at radius 2 is 1.61 bits per heavy atom. The number of aryl methyl sites for hydroxylation is 1. The van der Waals surface area contributed by atoms with Crippen molar-refractivity contribution >= 4 is 23.6 Å². The van der Waals surface area contributed by atoms with Gasteiger partial charge in [0.1, 0.15) is 11.9 Å². The number of benzene rings is 3. The molecule has 0 bridgehead atoms. The number of thioether (sulfide) groups is 1. The monoisotopic (exact) mass is 506 g/mol. The SMILES string of the molecule is CC[C@H](C)NC(=O)[C@@H](Cc1ccccc1)N(Cc1ccc(F)cc1)C(=O)CSCc1ccccc1C. The first kappa shape index (κ1) is 27.5. The number of nitrogens with one attached hydrogen (secondary N) is 1. The first-order chi connectivity index (χ1) is 17.4. The van der Waals surface area contributed by atoms with Crippen molar-refractivity contribution in [2.45, 2.75) is 58.0 Å². The number of nitrogens with zero attached hydrogens (tertiary/aromatic N) is 1. The van der Waals surface area contributed by atoms with Crippen molar-refractivity contribution in [1.29, 1.82) is 0 Å². The Kier molecular flexibility index (Phi) is 10.6. The number of carbonyl (C=O) groups excluding carboxylic acids is 2. The summed E-state index contributed by atoms with van der Waals surface area (Å²) in [6.45, 7) is 6.27. The third-order valence-corrected chi connectivity index (χ3v) is 7.25. The van der Waals surface area contributed by atoms with E-state index in [9.17, 15) is 14.0 Å². The minimum absolute atomic E-state index is 0.00558. The third-order valence-electron chi connectivity index (χ3n) is 6.28. The van der Waals surface area contributed by atoms with E-state index in [-0.39, 0.29) is 36.0 Å². The standard InChI is InChI=1S/C30H35FN2O2S/c1-4-23(3)32-30(35)28(18-24-11-6-5-7-12-24)33(19-25-14-16-27(31)17-15-25)29(34)21-36-20-26-13-9-8-10-22(26)2/h5-17,23,28H,4,18-21H2,1-3H3,(H,32,35)/t23-,28+/m0/s1. The molecule has 0 saturated carbocycles. The zero-order chi connectivity index (χ0) is 25.9. The van der Waals surface area contributed by atoms with Crippen molar-refractivity contribution in [2.75, 3.05) is 5.75 Å². The summed E-state index contributed by atoms with van der Waals surface area (Å²) >= 11 is 1.54. The average molecular weight is 507 g/mol. The Morgan fingerprint density at radius 3 is 2.28 bits per heavy atom.